The van der Waals surface area contributed by atoms with Crippen LogP contribution in [-0.2, 0) is 6.54 Å². The number of hydrogen-bond acceptors (Lipinski definition) is 2. The van der Waals surface area contributed by atoms with Crippen LogP contribution in [0.15, 0.2) is 24.3 Å². The van der Waals surface area contributed by atoms with Crippen LogP contribution in [0.25, 0.3) is 11.0 Å². The molecule has 3 heteroatoms. The Labute approximate surface area is 135 Å². The number of aromatic nitrogens is 2. The van der Waals surface area contributed by atoms with Gasteiger partial charge >= 0.3 is 0 Å². The van der Waals surface area contributed by atoms with Crippen molar-refractivity contribution in [3.05, 3.63) is 30.1 Å². The van der Waals surface area contributed by atoms with E-state index in [4.69, 9.17) is 0 Å². The molecule has 0 aliphatic carbocycles. The zero-order valence-electron chi connectivity index (χ0n) is 14.5. The van der Waals surface area contributed by atoms with E-state index in [9.17, 15) is 0 Å². The molecule has 0 spiro atoms. The third-order valence-corrected chi connectivity index (χ3v) is 4.36. The molecule has 122 valence electrons. The number of para-hydroxylation sites is 2. The molecule has 2 aromatic rings. The first-order valence-electron chi connectivity index (χ1n) is 8.90. The molecule has 0 bridgehead atoms. The highest BCUT2D eigenvalue weighted by Crippen LogP contribution is 2.16. The third kappa shape index (κ3) is 4.57. The van der Waals surface area contributed by atoms with E-state index in [0.717, 1.165) is 17.9 Å². The number of aryl methyl sites for hydroxylation is 2. The minimum atomic E-state index is 1.07. The average molecular weight is 301 g/mol. The Bertz CT molecular complexity index is 551. The van der Waals surface area contributed by atoms with Crippen LogP contribution in [0.1, 0.15) is 51.8 Å². The van der Waals surface area contributed by atoms with E-state index < -0.39 is 0 Å². The maximum absolute atomic E-state index is 4.66. The molecule has 0 unspecified atom stereocenters. The van der Waals surface area contributed by atoms with Gasteiger partial charge in [0, 0.05) is 6.54 Å². The molecule has 0 N–H and O–H groups in total. The zero-order valence-corrected chi connectivity index (χ0v) is 14.5. The molecule has 0 fully saturated rings. The van der Waals surface area contributed by atoms with E-state index in [0.29, 0.717) is 0 Å². The first-order valence-corrected chi connectivity index (χ1v) is 8.90. The standard InChI is InChI=1S/C19H31N3/c1-4-6-13-21(14-7-5-2)15-10-16-22-17(3)20-18-11-8-9-12-19(18)22/h8-9,11-12H,4-7,10,13-16H2,1-3H3. The molecule has 0 aliphatic heterocycles. The van der Waals surface area contributed by atoms with Gasteiger partial charge < -0.3 is 9.47 Å². The second-order valence-corrected chi connectivity index (χ2v) is 6.20. The van der Waals surface area contributed by atoms with Gasteiger partial charge in [-0.1, -0.05) is 38.8 Å². The Morgan fingerprint density at radius 2 is 1.59 bits per heavy atom. The SMILES string of the molecule is CCCCN(CCCC)CCCn1c(C)nc2ccccc21. The smallest absolute Gasteiger partial charge is 0.106 e. The molecule has 1 heterocycles. The van der Waals surface area contributed by atoms with Gasteiger partial charge in [-0.3, -0.25) is 0 Å². The molecule has 0 aliphatic rings. The molecule has 1 aromatic carbocycles. The van der Waals surface area contributed by atoms with Gasteiger partial charge in [0.25, 0.3) is 0 Å². The fraction of sp³-hybridized carbons (Fsp3) is 0.632. The predicted molar refractivity (Wildman–Crippen MR) is 95.3 cm³/mol. The zero-order chi connectivity index (χ0) is 15.8. The lowest BCUT2D eigenvalue weighted by Crippen LogP contribution is -2.28. The minimum Gasteiger partial charge on any atom is -0.328 e. The molecule has 3 nitrogen and oxygen atoms in total. The van der Waals surface area contributed by atoms with Gasteiger partial charge in [-0.25, -0.2) is 4.98 Å². The van der Waals surface area contributed by atoms with E-state index in [1.54, 1.807) is 0 Å². The Balaban J connectivity index is 1.91. The Kier molecular flexibility index (Phi) is 6.91. The van der Waals surface area contributed by atoms with Gasteiger partial charge in [0.1, 0.15) is 5.82 Å². The van der Waals surface area contributed by atoms with Gasteiger partial charge in [0.05, 0.1) is 11.0 Å². The highest BCUT2D eigenvalue weighted by atomic mass is 15.1. The summed E-state index contributed by atoms with van der Waals surface area (Å²) in [5, 5.41) is 0. The fourth-order valence-corrected chi connectivity index (χ4v) is 3.03. The number of nitrogens with zero attached hydrogens (tertiary/aromatic N) is 3. The Morgan fingerprint density at radius 3 is 2.27 bits per heavy atom. The fourth-order valence-electron chi connectivity index (χ4n) is 3.03. The molecule has 0 saturated heterocycles. The van der Waals surface area contributed by atoms with Gasteiger partial charge in [-0.15, -0.1) is 0 Å². The van der Waals surface area contributed by atoms with E-state index in [2.05, 4.69) is 59.5 Å². The lowest BCUT2D eigenvalue weighted by atomic mass is 10.2. The van der Waals surface area contributed by atoms with Crippen LogP contribution in [0, 0.1) is 6.92 Å². The largest absolute Gasteiger partial charge is 0.328 e. The highest BCUT2D eigenvalue weighted by Gasteiger charge is 2.08. The van der Waals surface area contributed by atoms with Crippen molar-refractivity contribution in [2.45, 2.75) is 59.4 Å². The van der Waals surface area contributed by atoms with Crippen molar-refractivity contribution in [2.75, 3.05) is 19.6 Å². The number of imidazole rings is 1. The molecule has 1 aromatic heterocycles. The Hall–Kier alpha value is -1.35. The molecule has 0 radical (unpaired) electrons. The van der Waals surface area contributed by atoms with Crippen LogP contribution in [0.2, 0.25) is 0 Å². The second-order valence-electron chi connectivity index (χ2n) is 6.20. The quantitative estimate of drug-likeness (QED) is 0.637. The second kappa shape index (κ2) is 8.94. The van der Waals surface area contributed by atoms with Crippen LogP contribution in [0.3, 0.4) is 0 Å². The number of hydrogen-bond donors (Lipinski definition) is 0. The van der Waals surface area contributed by atoms with Crippen LogP contribution in [0.5, 0.6) is 0 Å². The molecular weight excluding hydrogens is 270 g/mol. The van der Waals surface area contributed by atoms with Crippen molar-refractivity contribution < 1.29 is 0 Å². The summed E-state index contributed by atoms with van der Waals surface area (Å²) >= 11 is 0. The summed E-state index contributed by atoms with van der Waals surface area (Å²) in [6, 6.07) is 8.46. The molecule has 0 atom stereocenters. The number of benzene rings is 1. The molecule has 2 rings (SSSR count). The summed E-state index contributed by atoms with van der Waals surface area (Å²) in [6.45, 7) is 11.4. The predicted octanol–water partition coefficient (Wildman–Crippen LogP) is 4.64. The monoisotopic (exact) mass is 301 g/mol. The molecule has 0 saturated carbocycles. The number of fused-ring (bicyclic) bond motifs is 1. The van der Waals surface area contributed by atoms with Crippen LogP contribution < -0.4 is 0 Å². The van der Waals surface area contributed by atoms with Crippen molar-refractivity contribution >= 4 is 11.0 Å². The molecular formula is C19H31N3. The maximum atomic E-state index is 4.66. The number of unbranched alkanes of at least 4 members (excludes halogenated alkanes) is 2. The number of rotatable bonds is 10. The summed E-state index contributed by atoms with van der Waals surface area (Å²) < 4.78 is 2.37. The van der Waals surface area contributed by atoms with E-state index in [-0.39, 0.29) is 0 Å². The normalized spacial score (nSPS) is 11.6. The summed E-state index contributed by atoms with van der Waals surface area (Å²) in [6.07, 6.45) is 6.41. The van der Waals surface area contributed by atoms with Gasteiger partial charge in [-0.2, -0.15) is 0 Å². The Morgan fingerprint density at radius 1 is 0.955 bits per heavy atom. The highest BCUT2D eigenvalue weighted by molar-refractivity contribution is 5.75. The van der Waals surface area contributed by atoms with Crippen molar-refractivity contribution in [3.63, 3.8) is 0 Å². The summed E-state index contributed by atoms with van der Waals surface area (Å²) in [4.78, 5) is 7.30. The van der Waals surface area contributed by atoms with E-state index >= 15 is 0 Å². The van der Waals surface area contributed by atoms with Crippen LogP contribution in [0.4, 0.5) is 0 Å². The first kappa shape index (κ1) is 17.0. The topological polar surface area (TPSA) is 21.1 Å². The first-order chi connectivity index (χ1) is 10.8. The van der Waals surface area contributed by atoms with Crippen LogP contribution in [-0.4, -0.2) is 34.1 Å². The molecule has 22 heavy (non-hydrogen) atoms. The van der Waals surface area contributed by atoms with E-state index in [1.165, 1.54) is 57.3 Å². The lowest BCUT2D eigenvalue weighted by molar-refractivity contribution is 0.257. The van der Waals surface area contributed by atoms with Crippen molar-refractivity contribution in [1.82, 2.24) is 14.5 Å². The lowest BCUT2D eigenvalue weighted by Gasteiger charge is -2.22. The van der Waals surface area contributed by atoms with Crippen molar-refractivity contribution in [2.24, 2.45) is 0 Å². The average Bonchev–Trinajstić information content (AvgIpc) is 2.85. The van der Waals surface area contributed by atoms with Gasteiger partial charge in [-0.05, 0) is 58.0 Å². The van der Waals surface area contributed by atoms with Crippen molar-refractivity contribution in [3.8, 4) is 0 Å². The van der Waals surface area contributed by atoms with Gasteiger partial charge in [0.2, 0.25) is 0 Å². The van der Waals surface area contributed by atoms with E-state index in [1.807, 2.05) is 0 Å². The summed E-state index contributed by atoms with van der Waals surface area (Å²) in [5.74, 6) is 1.13. The maximum Gasteiger partial charge on any atom is 0.106 e. The summed E-state index contributed by atoms with van der Waals surface area (Å²) in [5.41, 5.74) is 2.39. The van der Waals surface area contributed by atoms with Gasteiger partial charge in [0.15, 0.2) is 0 Å². The minimum absolute atomic E-state index is 1.07. The third-order valence-electron chi connectivity index (χ3n) is 4.36. The van der Waals surface area contributed by atoms with Crippen molar-refractivity contribution in [1.29, 1.82) is 0 Å². The molecule has 0 amide bonds. The van der Waals surface area contributed by atoms with Crippen LogP contribution >= 0.6 is 0 Å². The summed E-state index contributed by atoms with van der Waals surface area (Å²) in [7, 11) is 0.